The van der Waals surface area contributed by atoms with Gasteiger partial charge < -0.3 is 9.52 Å². The molecular weight excluding hydrogens is 740 g/mol. The van der Waals surface area contributed by atoms with Gasteiger partial charge in [0.05, 0.1) is 42.4 Å². The highest BCUT2D eigenvalue weighted by Crippen LogP contribution is 2.48. The summed E-state index contributed by atoms with van der Waals surface area (Å²) in [6.07, 6.45) is 0. The molecule has 0 spiro atoms. The van der Waals surface area contributed by atoms with Crippen molar-refractivity contribution >= 4 is 85.9 Å². The van der Waals surface area contributed by atoms with E-state index in [-0.39, 0.29) is 5.82 Å². The van der Waals surface area contributed by atoms with E-state index in [1.54, 1.807) is 4.57 Å². The molecule has 11 aromatic rings. The predicted molar refractivity (Wildman–Crippen MR) is 255 cm³/mol. The van der Waals surface area contributed by atoms with E-state index in [4.69, 9.17) is 40.8 Å². The van der Waals surface area contributed by atoms with E-state index in [0.29, 0.717) is 5.52 Å². The van der Waals surface area contributed by atoms with E-state index >= 15 is 0 Å². The van der Waals surface area contributed by atoms with E-state index in [2.05, 4.69) is 140 Å². The van der Waals surface area contributed by atoms with Crippen molar-refractivity contribution in [2.75, 3.05) is 0 Å². The third-order valence-corrected chi connectivity index (χ3v) is 12.0. The Morgan fingerprint density at radius 1 is 0.459 bits per heavy atom. The normalized spacial score (nSPS) is 12.3. The van der Waals surface area contributed by atoms with Crippen LogP contribution in [0.25, 0.3) is 105 Å². The van der Waals surface area contributed by atoms with E-state index < -0.39 is 10.6 Å². The lowest BCUT2D eigenvalue weighted by Gasteiger charge is -2.39. The Morgan fingerprint density at radius 3 is 1.85 bits per heavy atom. The molecule has 0 saturated heterocycles. The molecule has 0 unspecified atom stereocenters. The van der Waals surface area contributed by atoms with E-state index in [1.807, 2.05) is 48.5 Å². The number of nitrogens with zero attached hydrogens (tertiary/aromatic N) is 2. The Morgan fingerprint density at radius 2 is 1.05 bits per heavy atom. The SMILES string of the molecule is [B]C([B])(O)C([B])([B])c1nc2ccccc2n1-c1cccc(-c2cccc(-c3c4ccccc4c(-c4cccc5oc6ccccc6c45)c4cc(-c5ccccc5)ccc34)c2)c1. The van der Waals surface area contributed by atoms with Crippen LogP contribution >= 0.6 is 0 Å². The van der Waals surface area contributed by atoms with Crippen LogP contribution in [0.2, 0.25) is 0 Å². The van der Waals surface area contributed by atoms with Crippen LogP contribution in [0.15, 0.2) is 192 Å². The third kappa shape index (κ3) is 5.96. The van der Waals surface area contributed by atoms with E-state index in [9.17, 15) is 5.11 Å². The largest absolute Gasteiger partial charge is 0.456 e. The van der Waals surface area contributed by atoms with Gasteiger partial charge >= 0.3 is 0 Å². The molecule has 0 fully saturated rings. The summed E-state index contributed by atoms with van der Waals surface area (Å²) >= 11 is 0. The summed E-state index contributed by atoms with van der Waals surface area (Å²) in [6.45, 7) is 0. The van der Waals surface area contributed by atoms with Crippen molar-refractivity contribution in [3.63, 3.8) is 0 Å². The van der Waals surface area contributed by atoms with Gasteiger partial charge in [-0.3, -0.25) is 4.57 Å². The number of para-hydroxylation sites is 3. The van der Waals surface area contributed by atoms with Gasteiger partial charge in [0.25, 0.3) is 0 Å². The van der Waals surface area contributed by atoms with Crippen molar-refractivity contribution in [2.24, 2.45) is 0 Å². The summed E-state index contributed by atoms with van der Waals surface area (Å²) in [5, 5.41) is 12.9. The van der Waals surface area contributed by atoms with E-state index in [0.717, 1.165) is 99.2 Å². The smallest absolute Gasteiger partial charge is 0.136 e. The maximum atomic E-state index is 10.7. The minimum absolute atomic E-state index is 0.124. The van der Waals surface area contributed by atoms with Gasteiger partial charge in [0.15, 0.2) is 0 Å². The second-order valence-corrected chi connectivity index (χ2v) is 15.8. The van der Waals surface area contributed by atoms with Crippen LogP contribution < -0.4 is 0 Å². The monoisotopic (exact) mass is 772 g/mol. The second-order valence-electron chi connectivity index (χ2n) is 15.8. The topological polar surface area (TPSA) is 51.2 Å². The van der Waals surface area contributed by atoms with Gasteiger partial charge in [-0.1, -0.05) is 140 Å². The Labute approximate surface area is 358 Å². The molecule has 2 heterocycles. The molecule has 278 valence electrons. The number of furan rings is 1. The van der Waals surface area contributed by atoms with Crippen LogP contribution in [-0.4, -0.2) is 51.4 Å². The molecule has 8 radical (unpaired) electrons. The van der Waals surface area contributed by atoms with Gasteiger partial charge in [-0.05, 0) is 125 Å². The lowest BCUT2D eigenvalue weighted by atomic mass is 9.35. The molecule has 0 bridgehead atoms. The summed E-state index contributed by atoms with van der Waals surface area (Å²) < 4.78 is 8.24. The zero-order valence-electron chi connectivity index (χ0n) is 33.0. The molecule has 0 aliphatic heterocycles. The van der Waals surface area contributed by atoms with Crippen LogP contribution in [0.5, 0.6) is 0 Å². The predicted octanol–water partition coefficient (Wildman–Crippen LogP) is 11.4. The molecule has 0 atom stereocenters. The molecule has 0 saturated carbocycles. The van der Waals surface area contributed by atoms with Crippen molar-refractivity contribution in [3.05, 3.63) is 194 Å². The highest BCUT2D eigenvalue weighted by atomic mass is 16.3. The molecule has 0 aliphatic carbocycles. The molecule has 0 aliphatic rings. The zero-order valence-corrected chi connectivity index (χ0v) is 33.0. The molecule has 9 aromatic carbocycles. The first-order valence-corrected chi connectivity index (χ1v) is 20.2. The van der Waals surface area contributed by atoms with Gasteiger partial charge in [0.1, 0.15) is 17.0 Å². The Kier molecular flexibility index (Phi) is 8.52. The van der Waals surface area contributed by atoms with Gasteiger partial charge in [0.2, 0.25) is 0 Å². The molecular formula is C53H32B4N2O2. The van der Waals surface area contributed by atoms with E-state index in [1.165, 1.54) is 0 Å². The average Bonchev–Trinajstić information content (AvgIpc) is 3.88. The molecule has 2 aromatic heterocycles. The number of hydrogen-bond donors (Lipinski definition) is 1. The Hall–Kier alpha value is -7.01. The van der Waals surface area contributed by atoms with Crippen LogP contribution in [0.4, 0.5) is 0 Å². The number of hydrogen-bond acceptors (Lipinski definition) is 3. The first-order chi connectivity index (χ1) is 29.7. The summed E-state index contributed by atoms with van der Waals surface area (Å²) in [4.78, 5) is 4.71. The fourth-order valence-electron chi connectivity index (χ4n) is 9.00. The number of rotatable bonds is 7. The lowest BCUT2D eigenvalue weighted by Crippen LogP contribution is -2.55. The van der Waals surface area contributed by atoms with Crippen molar-refractivity contribution in [2.45, 2.75) is 10.6 Å². The summed E-state index contributed by atoms with van der Waals surface area (Å²) in [6, 6.07) is 65.0. The maximum Gasteiger partial charge on any atom is 0.136 e. The number of benzene rings is 9. The second kappa shape index (κ2) is 14.0. The molecule has 61 heavy (non-hydrogen) atoms. The summed E-state index contributed by atoms with van der Waals surface area (Å²) in [5.41, 5.74) is 12.6. The third-order valence-electron chi connectivity index (χ3n) is 12.0. The first-order valence-electron chi connectivity index (χ1n) is 20.2. The number of aliphatic hydroxyl groups is 1. The van der Waals surface area contributed by atoms with Crippen LogP contribution in [-0.2, 0) is 5.21 Å². The van der Waals surface area contributed by atoms with Crippen molar-refractivity contribution < 1.29 is 9.52 Å². The number of imidazole rings is 1. The Balaban J connectivity index is 1.14. The van der Waals surface area contributed by atoms with Crippen molar-refractivity contribution in [1.82, 2.24) is 9.55 Å². The van der Waals surface area contributed by atoms with Crippen LogP contribution in [0.3, 0.4) is 0 Å². The summed E-state index contributed by atoms with van der Waals surface area (Å²) in [5.74, 6) is 0.124. The Bertz CT molecular complexity index is 3510. The standard InChI is InChI=1S/C53H32B4N2O2/c54-52(55,53(56,57)60)51-58-44-23-7-8-24-45(44)59(51)37-18-11-16-34(30-37)33-15-10-17-36(29-33)48-38-19-4-5-20-39(38)49(43-31-35(27-28-40(43)48)32-13-2-1-3-14-32)42-22-12-26-47-50(42)41-21-6-9-25-46(41)61-47/h1-31,60H. The minimum atomic E-state index is -2.46. The van der Waals surface area contributed by atoms with Crippen molar-refractivity contribution in [1.29, 1.82) is 0 Å². The lowest BCUT2D eigenvalue weighted by molar-refractivity contribution is 0.189. The summed E-state index contributed by atoms with van der Waals surface area (Å²) in [7, 11) is 24.8. The minimum Gasteiger partial charge on any atom is -0.456 e. The van der Waals surface area contributed by atoms with Gasteiger partial charge in [0, 0.05) is 16.5 Å². The van der Waals surface area contributed by atoms with Crippen LogP contribution in [0, 0.1) is 0 Å². The molecule has 11 rings (SSSR count). The highest BCUT2D eigenvalue weighted by molar-refractivity contribution is 6.53. The molecule has 8 heteroatoms. The van der Waals surface area contributed by atoms with Crippen molar-refractivity contribution in [3.8, 4) is 50.2 Å². The molecule has 1 N–H and O–H groups in total. The average molecular weight is 772 g/mol. The van der Waals surface area contributed by atoms with Gasteiger partial charge in [-0.2, -0.15) is 0 Å². The fourth-order valence-corrected chi connectivity index (χ4v) is 9.00. The number of aromatic nitrogens is 2. The van der Waals surface area contributed by atoms with Gasteiger partial charge in [-0.15, -0.1) is 0 Å². The first kappa shape index (κ1) is 37.0. The van der Waals surface area contributed by atoms with Crippen LogP contribution in [0.1, 0.15) is 5.82 Å². The number of fused-ring (bicyclic) bond motifs is 6. The zero-order chi connectivity index (χ0) is 41.5. The maximum absolute atomic E-state index is 10.7. The molecule has 4 nitrogen and oxygen atoms in total. The highest BCUT2D eigenvalue weighted by Gasteiger charge is 2.39. The van der Waals surface area contributed by atoms with Gasteiger partial charge in [-0.25, -0.2) is 4.98 Å². The molecule has 0 amide bonds. The fraction of sp³-hybridized carbons (Fsp3) is 0.0377. The quantitative estimate of drug-likeness (QED) is 0.130.